The monoisotopic (exact) mass is 334 g/mol. The first-order valence-electron chi connectivity index (χ1n) is 10.8. The van der Waals surface area contributed by atoms with Crippen LogP contribution >= 0.6 is 0 Å². The lowest BCUT2D eigenvalue weighted by atomic mass is 9.66. The summed E-state index contributed by atoms with van der Waals surface area (Å²) in [5.74, 6) is 0.325. The van der Waals surface area contributed by atoms with Crippen LogP contribution in [-0.2, 0) is 4.79 Å². The van der Waals surface area contributed by atoms with Gasteiger partial charge in [-0.2, -0.15) is 0 Å². The fourth-order valence-corrected chi connectivity index (χ4v) is 5.25. The van der Waals surface area contributed by atoms with Gasteiger partial charge in [-0.25, -0.2) is 0 Å². The molecule has 0 aromatic rings. The van der Waals surface area contributed by atoms with E-state index in [2.05, 4.69) is 5.32 Å². The van der Waals surface area contributed by atoms with Crippen molar-refractivity contribution >= 4 is 5.91 Å². The molecule has 3 fully saturated rings. The summed E-state index contributed by atoms with van der Waals surface area (Å²) in [5, 5.41) is 3.58. The maximum absolute atomic E-state index is 12.2. The number of nitrogens with zero attached hydrogens (tertiary/aromatic N) is 1. The molecule has 138 valence electrons. The minimum absolute atomic E-state index is 0.325. The Kier molecular flexibility index (Phi) is 7.00. The van der Waals surface area contributed by atoms with Crippen LogP contribution in [0.5, 0.6) is 0 Å². The molecule has 1 heterocycles. The second-order valence-electron chi connectivity index (χ2n) is 8.72. The molecule has 1 spiro atoms. The lowest BCUT2D eigenvalue weighted by molar-refractivity contribution is -0.129. The highest BCUT2D eigenvalue weighted by atomic mass is 16.2. The van der Waals surface area contributed by atoms with E-state index in [0.717, 1.165) is 13.1 Å². The van der Waals surface area contributed by atoms with Gasteiger partial charge in [0.05, 0.1) is 6.54 Å². The zero-order chi connectivity index (χ0) is 16.7. The van der Waals surface area contributed by atoms with Crippen molar-refractivity contribution < 1.29 is 4.79 Å². The van der Waals surface area contributed by atoms with E-state index in [-0.39, 0.29) is 0 Å². The predicted molar refractivity (Wildman–Crippen MR) is 100 cm³/mol. The molecule has 3 aliphatic rings. The highest BCUT2D eigenvalue weighted by Crippen LogP contribution is 2.45. The molecule has 1 saturated heterocycles. The summed E-state index contributed by atoms with van der Waals surface area (Å²) in [6.45, 7) is 2.53. The van der Waals surface area contributed by atoms with Gasteiger partial charge in [0.25, 0.3) is 0 Å². The standard InChI is InChI=1S/C21H38N2O/c24-20(23-16-8-9-17-23)18-22-19-10-14-21(15-11-19)12-6-4-2-1-3-5-7-13-21/h19,22H,1-18H2. The van der Waals surface area contributed by atoms with Crippen molar-refractivity contribution in [1.82, 2.24) is 10.2 Å². The maximum atomic E-state index is 12.2. The zero-order valence-electron chi connectivity index (χ0n) is 15.7. The Bertz CT molecular complexity index is 369. The Morgan fingerprint density at radius 3 is 1.92 bits per heavy atom. The van der Waals surface area contributed by atoms with Gasteiger partial charge in [0.1, 0.15) is 0 Å². The molecule has 2 aliphatic carbocycles. The first-order chi connectivity index (χ1) is 11.8. The van der Waals surface area contributed by atoms with E-state index >= 15 is 0 Å². The Balaban J connectivity index is 1.40. The average Bonchev–Trinajstić information content (AvgIpc) is 3.15. The average molecular weight is 335 g/mol. The van der Waals surface area contributed by atoms with Crippen molar-refractivity contribution in [2.45, 2.75) is 102 Å². The lowest BCUT2D eigenvalue weighted by Crippen LogP contribution is -2.43. The number of likely N-dealkylation sites (tertiary alicyclic amines) is 1. The van der Waals surface area contributed by atoms with Gasteiger partial charge in [-0.05, 0) is 56.8 Å². The SMILES string of the molecule is O=C(CNC1CCC2(CCCCCCCCC2)CC1)N1CCCC1. The summed E-state index contributed by atoms with van der Waals surface area (Å²) >= 11 is 0. The van der Waals surface area contributed by atoms with Gasteiger partial charge < -0.3 is 10.2 Å². The largest absolute Gasteiger partial charge is 0.342 e. The van der Waals surface area contributed by atoms with Crippen LogP contribution in [0.1, 0.15) is 96.3 Å². The molecular formula is C21H38N2O. The summed E-state index contributed by atoms with van der Waals surface area (Å²) in [5.41, 5.74) is 0.647. The maximum Gasteiger partial charge on any atom is 0.236 e. The minimum Gasteiger partial charge on any atom is -0.342 e. The summed E-state index contributed by atoms with van der Waals surface area (Å²) < 4.78 is 0. The number of nitrogens with one attached hydrogen (secondary N) is 1. The van der Waals surface area contributed by atoms with Crippen molar-refractivity contribution in [3.8, 4) is 0 Å². The number of carbonyl (C=O) groups excluding carboxylic acids is 1. The number of hydrogen-bond donors (Lipinski definition) is 1. The molecule has 3 nitrogen and oxygen atoms in total. The van der Waals surface area contributed by atoms with Crippen LogP contribution in [-0.4, -0.2) is 36.5 Å². The van der Waals surface area contributed by atoms with Crippen LogP contribution < -0.4 is 5.32 Å². The summed E-state index contributed by atoms with van der Waals surface area (Å²) in [7, 11) is 0. The Hall–Kier alpha value is -0.570. The smallest absolute Gasteiger partial charge is 0.236 e. The van der Waals surface area contributed by atoms with Gasteiger partial charge >= 0.3 is 0 Å². The number of carbonyl (C=O) groups is 1. The number of amides is 1. The second-order valence-corrected chi connectivity index (χ2v) is 8.72. The zero-order valence-corrected chi connectivity index (χ0v) is 15.7. The first kappa shape index (κ1) is 18.2. The first-order valence-corrected chi connectivity index (χ1v) is 10.8. The van der Waals surface area contributed by atoms with E-state index in [1.54, 1.807) is 0 Å². The van der Waals surface area contributed by atoms with Crippen LogP contribution in [0.25, 0.3) is 0 Å². The molecule has 24 heavy (non-hydrogen) atoms. The fourth-order valence-electron chi connectivity index (χ4n) is 5.25. The van der Waals surface area contributed by atoms with Crippen LogP contribution in [0, 0.1) is 5.41 Å². The molecule has 0 bridgehead atoms. The minimum atomic E-state index is 0.325. The third-order valence-electron chi connectivity index (χ3n) is 6.96. The molecule has 1 N–H and O–H groups in total. The topological polar surface area (TPSA) is 32.3 Å². The molecule has 3 heteroatoms. The van der Waals surface area contributed by atoms with E-state index < -0.39 is 0 Å². The lowest BCUT2D eigenvalue weighted by Gasteiger charge is -2.41. The van der Waals surface area contributed by atoms with Crippen molar-refractivity contribution in [2.24, 2.45) is 5.41 Å². The van der Waals surface area contributed by atoms with Gasteiger partial charge in [0.2, 0.25) is 5.91 Å². The molecule has 0 unspecified atom stereocenters. The normalized spacial score (nSPS) is 26.6. The molecule has 3 rings (SSSR count). The third kappa shape index (κ3) is 5.21. The van der Waals surface area contributed by atoms with Crippen LogP contribution in [0.15, 0.2) is 0 Å². The molecule has 0 atom stereocenters. The molecule has 2 saturated carbocycles. The number of hydrogen-bond acceptors (Lipinski definition) is 2. The summed E-state index contributed by atoms with van der Waals surface area (Å²) in [6, 6.07) is 0.581. The second kappa shape index (κ2) is 9.22. The predicted octanol–water partition coefficient (Wildman–Crippen LogP) is 4.65. The van der Waals surface area contributed by atoms with Gasteiger partial charge in [-0.15, -0.1) is 0 Å². The molecule has 1 aliphatic heterocycles. The molecule has 1 amide bonds. The quantitative estimate of drug-likeness (QED) is 0.814. The Morgan fingerprint density at radius 2 is 1.33 bits per heavy atom. The van der Waals surface area contributed by atoms with E-state index in [1.165, 1.54) is 96.3 Å². The van der Waals surface area contributed by atoms with Crippen LogP contribution in [0.4, 0.5) is 0 Å². The van der Waals surface area contributed by atoms with E-state index in [0.29, 0.717) is 23.9 Å². The number of rotatable bonds is 3. The molecule has 0 aromatic heterocycles. The summed E-state index contributed by atoms with van der Waals surface area (Å²) in [6.07, 6.45) is 20.8. The van der Waals surface area contributed by atoms with Gasteiger partial charge in [-0.3, -0.25) is 4.79 Å². The Morgan fingerprint density at radius 1 is 0.792 bits per heavy atom. The van der Waals surface area contributed by atoms with Crippen molar-refractivity contribution in [2.75, 3.05) is 19.6 Å². The van der Waals surface area contributed by atoms with E-state index in [4.69, 9.17) is 0 Å². The highest BCUT2D eigenvalue weighted by molar-refractivity contribution is 5.78. The fraction of sp³-hybridized carbons (Fsp3) is 0.952. The van der Waals surface area contributed by atoms with Gasteiger partial charge in [-0.1, -0.05) is 44.9 Å². The van der Waals surface area contributed by atoms with Crippen LogP contribution in [0.2, 0.25) is 0 Å². The Labute approximate surface area is 148 Å². The molecular weight excluding hydrogens is 296 g/mol. The van der Waals surface area contributed by atoms with Crippen molar-refractivity contribution in [3.63, 3.8) is 0 Å². The van der Waals surface area contributed by atoms with Gasteiger partial charge in [0, 0.05) is 19.1 Å². The molecule has 0 aromatic carbocycles. The van der Waals surface area contributed by atoms with E-state index in [1.807, 2.05) is 4.90 Å². The van der Waals surface area contributed by atoms with Crippen molar-refractivity contribution in [3.05, 3.63) is 0 Å². The highest BCUT2D eigenvalue weighted by Gasteiger charge is 2.34. The third-order valence-corrected chi connectivity index (χ3v) is 6.96. The van der Waals surface area contributed by atoms with Crippen molar-refractivity contribution in [1.29, 1.82) is 0 Å². The summed E-state index contributed by atoms with van der Waals surface area (Å²) in [4.78, 5) is 14.2. The van der Waals surface area contributed by atoms with E-state index in [9.17, 15) is 4.79 Å². The van der Waals surface area contributed by atoms with Crippen LogP contribution in [0.3, 0.4) is 0 Å². The molecule has 0 radical (unpaired) electrons. The van der Waals surface area contributed by atoms with Gasteiger partial charge in [0.15, 0.2) is 0 Å².